The van der Waals surface area contributed by atoms with Gasteiger partial charge >= 0.3 is 6.03 Å². The van der Waals surface area contributed by atoms with Gasteiger partial charge in [0.1, 0.15) is 23.7 Å². The summed E-state index contributed by atoms with van der Waals surface area (Å²) in [5, 5.41) is 17.4. The second-order valence-corrected chi connectivity index (χ2v) is 15.9. The highest BCUT2D eigenvalue weighted by Crippen LogP contribution is 2.38. The molecule has 3 atom stereocenters. The average Bonchev–Trinajstić information content (AvgIpc) is 3.68. The first-order valence-corrected chi connectivity index (χ1v) is 21.3. The molecule has 0 bridgehead atoms. The summed E-state index contributed by atoms with van der Waals surface area (Å²) in [5.41, 5.74) is 12.7. The van der Waals surface area contributed by atoms with Gasteiger partial charge in [-0.3, -0.25) is 28.8 Å². The lowest BCUT2D eigenvalue weighted by atomic mass is 9.73. The van der Waals surface area contributed by atoms with Crippen molar-refractivity contribution in [2.75, 3.05) is 13.1 Å². The van der Waals surface area contributed by atoms with E-state index in [-0.39, 0.29) is 50.5 Å². The zero-order chi connectivity index (χ0) is 44.5. The van der Waals surface area contributed by atoms with Gasteiger partial charge in [-0.05, 0) is 73.6 Å². The smallest absolute Gasteiger partial charge is 0.312 e. The molecule has 0 spiro atoms. The molecule has 8 amide bonds. The maximum absolute atomic E-state index is 14.6. The van der Waals surface area contributed by atoms with Gasteiger partial charge in [-0.15, -0.1) is 0 Å². The molecule has 11 N–H and O–H groups in total. The summed E-state index contributed by atoms with van der Waals surface area (Å²) in [7, 11) is 0. The molecule has 16 nitrogen and oxygen atoms in total. The predicted molar refractivity (Wildman–Crippen MR) is 235 cm³/mol. The number of carbonyl (C=O) groups is 7. The number of primary amides is 2. The number of rotatable bonds is 22. The zero-order valence-electron chi connectivity index (χ0n) is 35.2. The van der Waals surface area contributed by atoms with Crippen LogP contribution in [0.1, 0.15) is 87.3 Å². The van der Waals surface area contributed by atoms with Crippen molar-refractivity contribution in [1.29, 1.82) is 0 Å². The molecule has 1 aliphatic carbocycles. The first kappa shape index (κ1) is 46.4. The van der Waals surface area contributed by atoms with Gasteiger partial charge in [0.15, 0.2) is 0 Å². The number of aromatic amines is 1. The van der Waals surface area contributed by atoms with Crippen molar-refractivity contribution >= 4 is 52.4 Å². The van der Waals surface area contributed by atoms with E-state index in [4.69, 9.17) is 11.5 Å². The molecule has 0 radical (unpaired) electrons. The Morgan fingerprint density at radius 1 is 0.726 bits per heavy atom. The number of nitrogens with two attached hydrogens (primary N) is 2. The third kappa shape index (κ3) is 13.4. The van der Waals surface area contributed by atoms with Crippen molar-refractivity contribution in [2.45, 2.75) is 107 Å². The van der Waals surface area contributed by atoms with E-state index >= 15 is 0 Å². The minimum absolute atomic E-state index is 0.00483. The van der Waals surface area contributed by atoms with Crippen LogP contribution in [0.4, 0.5) is 4.79 Å². The molecular formula is C46H59N9O7. The van der Waals surface area contributed by atoms with Gasteiger partial charge in [-0.25, -0.2) is 4.79 Å². The second kappa shape index (κ2) is 22.8. The fourth-order valence-electron chi connectivity index (χ4n) is 7.96. The number of amides is 8. The summed E-state index contributed by atoms with van der Waals surface area (Å²) < 4.78 is 0. The van der Waals surface area contributed by atoms with E-state index in [9.17, 15) is 33.6 Å². The Balaban J connectivity index is 1.41. The van der Waals surface area contributed by atoms with Gasteiger partial charge in [-0.2, -0.15) is 0 Å². The fraction of sp³-hybridized carbons (Fsp3) is 0.413. The van der Waals surface area contributed by atoms with Gasteiger partial charge < -0.3 is 48.4 Å². The van der Waals surface area contributed by atoms with E-state index in [1.54, 1.807) is 6.20 Å². The number of aromatic nitrogens is 1. The van der Waals surface area contributed by atoms with E-state index in [0.29, 0.717) is 37.7 Å². The fourth-order valence-corrected chi connectivity index (χ4v) is 7.96. The summed E-state index contributed by atoms with van der Waals surface area (Å²) in [5.74, 6) is -3.41. The minimum Gasteiger partial charge on any atom is -0.368 e. The number of fused-ring (bicyclic) bond motifs is 1. The van der Waals surface area contributed by atoms with Gasteiger partial charge in [0, 0.05) is 42.9 Å². The number of nitrogens with one attached hydrogen (secondary N) is 7. The Bertz CT molecular complexity index is 2150. The normalized spacial score (nSPS) is 17.4. The van der Waals surface area contributed by atoms with E-state index in [1.807, 2.05) is 79.7 Å². The van der Waals surface area contributed by atoms with Crippen molar-refractivity contribution in [3.05, 3.63) is 108 Å². The monoisotopic (exact) mass is 849 g/mol. The molecule has 3 aromatic carbocycles. The van der Waals surface area contributed by atoms with Gasteiger partial charge in [0.2, 0.25) is 35.4 Å². The highest BCUT2D eigenvalue weighted by molar-refractivity contribution is 5.98. The molecule has 1 aliphatic rings. The maximum Gasteiger partial charge on any atom is 0.312 e. The van der Waals surface area contributed by atoms with Crippen molar-refractivity contribution in [3.8, 4) is 0 Å². The summed E-state index contributed by atoms with van der Waals surface area (Å²) in [6.07, 6.45) is 5.69. The first-order chi connectivity index (χ1) is 29.9. The van der Waals surface area contributed by atoms with Crippen molar-refractivity contribution in [2.24, 2.45) is 11.5 Å². The molecule has 62 heavy (non-hydrogen) atoms. The van der Waals surface area contributed by atoms with Crippen LogP contribution in [-0.2, 0) is 41.6 Å². The second-order valence-electron chi connectivity index (χ2n) is 15.9. The standard InChI is InChI=1S/C46H59N9O7/c1-2-3-20-40(57)55-46(23-21-32(22-24-46)31-15-8-5-9-16-31)44(61)54-37(26-30-13-6-4-7-14-30)43(60)52-36(19-12-25-49-45(48)62)42(59)53-38(41(58)51-29-39(47)56)27-33-28-50-35-18-11-10-17-34(33)35/h4-11,13-18,28,32,36-38,50H,2-3,12,19-27,29H2,1H3,(H2,47,56)(H,51,58)(H,52,60)(H,53,59)(H,54,61)(H,55,57)(H3,48,49,62)/t32-,36-,37+,38-,46+/m0/s1. The van der Waals surface area contributed by atoms with Crippen LogP contribution in [0, 0.1) is 0 Å². The Morgan fingerprint density at radius 2 is 1.35 bits per heavy atom. The van der Waals surface area contributed by atoms with Crippen LogP contribution in [-0.4, -0.2) is 83.2 Å². The third-order valence-electron chi connectivity index (χ3n) is 11.4. The molecule has 1 heterocycles. The highest BCUT2D eigenvalue weighted by Gasteiger charge is 2.44. The largest absolute Gasteiger partial charge is 0.368 e. The quantitative estimate of drug-likeness (QED) is 0.0534. The summed E-state index contributed by atoms with van der Waals surface area (Å²) in [6, 6.07) is 22.1. The molecule has 5 rings (SSSR count). The number of para-hydroxylation sites is 1. The van der Waals surface area contributed by atoms with E-state index in [1.165, 1.54) is 0 Å². The predicted octanol–water partition coefficient (Wildman–Crippen LogP) is 2.86. The van der Waals surface area contributed by atoms with Crippen LogP contribution in [0.25, 0.3) is 10.9 Å². The minimum atomic E-state index is -1.28. The lowest BCUT2D eigenvalue weighted by Gasteiger charge is -2.40. The Labute approximate surface area is 361 Å². The number of hydrogen-bond donors (Lipinski definition) is 9. The van der Waals surface area contributed by atoms with E-state index in [0.717, 1.165) is 28.5 Å². The van der Waals surface area contributed by atoms with Crippen LogP contribution in [0.5, 0.6) is 0 Å². The van der Waals surface area contributed by atoms with Crippen LogP contribution in [0.2, 0.25) is 0 Å². The summed E-state index contributed by atoms with van der Waals surface area (Å²) in [6.45, 7) is 1.60. The van der Waals surface area contributed by atoms with Gasteiger partial charge in [0.05, 0.1) is 6.54 Å². The van der Waals surface area contributed by atoms with Gasteiger partial charge in [0.25, 0.3) is 0 Å². The van der Waals surface area contributed by atoms with Crippen molar-refractivity contribution in [3.63, 3.8) is 0 Å². The summed E-state index contributed by atoms with van der Waals surface area (Å²) in [4.78, 5) is 96.4. The number of unbranched alkanes of at least 4 members (excludes halogenated alkanes) is 1. The number of carbonyl (C=O) groups excluding carboxylic acids is 7. The maximum atomic E-state index is 14.6. The average molecular weight is 850 g/mol. The highest BCUT2D eigenvalue weighted by atomic mass is 16.2. The van der Waals surface area contributed by atoms with Crippen LogP contribution >= 0.6 is 0 Å². The van der Waals surface area contributed by atoms with Crippen LogP contribution in [0.3, 0.4) is 0 Å². The SMILES string of the molecule is CCCCC(=O)N[C@]1(C(=O)N[C@H](Cc2ccccc2)C(=O)N[C@@H](CCCNC(N)=O)C(=O)N[C@@H](Cc2c[nH]c3ccccc23)C(=O)NCC(N)=O)CC[C@H](c2ccccc2)CC1. The third-order valence-corrected chi connectivity index (χ3v) is 11.4. The van der Waals surface area contributed by atoms with Crippen molar-refractivity contribution < 1.29 is 33.6 Å². The van der Waals surface area contributed by atoms with E-state index in [2.05, 4.69) is 49.0 Å². The van der Waals surface area contributed by atoms with Crippen molar-refractivity contribution in [1.82, 2.24) is 36.9 Å². The Hall–Kier alpha value is -6.71. The number of H-pyrrole nitrogens is 1. The lowest BCUT2D eigenvalue weighted by Crippen LogP contribution is -2.64. The Kier molecular flexibility index (Phi) is 17.0. The summed E-state index contributed by atoms with van der Waals surface area (Å²) >= 11 is 0. The van der Waals surface area contributed by atoms with Gasteiger partial charge in [-0.1, -0.05) is 92.2 Å². The number of urea groups is 1. The lowest BCUT2D eigenvalue weighted by molar-refractivity contribution is -0.138. The van der Waals surface area contributed by atoms with Crippen LogP contribution < -0.4 is 43.4 Å². The molecule has 0 aliphatic heterocycles. The number of benzene rings is 3. The van der Waals surface area contributed by atoms with E-state index < -0.39 is 65.8 Å². The first-order valence-electron chi connectivity index (χ1n) is 21.3. The molecule has 0 saturated heterocycles. The topological polar surface area (TPSA) is 260 Å². The molecular weight excluding hydrogens is 791 g/mol. The molecule has 4 aromatic rings. The molecule has 1 fully saturated rings. The van der Waals surface area contributed by atoms with Crippen LogP contribution in [0.15, 0.2) is 91.1 Å². The number of hydrogen-bond acceptors (Lipinski definition) is 7. The Morgan fingerprint density at radius 3 is 2.03 bits per heavy atom. The molecule has 0 unspecified atom stereocenters. The molecule has 16 heteroatoms. The molecule has 330 valence electrons. The zero-order valence-corrected chi connectivity index (χ0v) is 35.2. The molecule has 1 saturated carbocycles. The molecule has 1 aromatic heterocycles.